The first-order valence-corrected chi connectivity index (χ1v) is 8.79. The van der Waals surface area contributed by atoms with Crippen molar-refractivity contribution < 1.29 is 4.79 Å². The predicted molar refractivity (Wildman–Crippen MR) is 98.8 cm³/mol. The number of carbonyl (C=O) groups excluding carboxylic acids is 1. The van der Waals surface area contributed by atoms with Crippen molar-refractivity contribution >= 4 is 34.4 Å². The highest BCUT2D eigenvalue weighted by atomic mass is 32.1. The van der Waals surface area contributed by atoms with Crippen LogP contribution in [0.2, 0.25) is 0 Å². The Morgan fingerprint density at radius 2 is 2.25 bits per heavy atom. The van der Waals surface area contributed by atoms with Crippen molar-refractivity contribution in [1.82, 2.24) is 10.4 Å². The Kier molecular flexibility index (Phi) is 4.01. The van der Waals surface area contributed by atoms with Crippen molar-refractivity contribution in [1.29, 1.82) is 0 Å². The van der Waals surface area contributed by atoms with Crippen molar-refractivity contribution in [2.45, 2.75) is 18.8 Å². The third kappa shape index (κ3) is 2.90. The molecule has 4 rings (SSSR count). The molecule has 0 radical (unpaired) electrons. The highest BCUT2D eigenvalue weighted by Crippen LogP contribution is 2.32. The summed E-state index contributed by atoms with van der Waals surface area (Å²) in [5.41, 5.74) is 4.04. The highest BCUT2D eigenvalue weighted by molar-refractivity contribution is 7.13. The highest BCUT2D eigenvalue weighted by Gasteiger charge is 2.13. The van der Waals surface area contributed by atoms with Gasteiger partial charge in [-0.25, -0.2) is 5.43 Å². The molecule has 4 nitrogen and oxygen atoms in total. The second-order valence-electron chi connectivity index (χ2n) is 5.80. The number of H-pyrrole nitrogens is 1. The van der Waals surface area contributed by atoms with Gasteiger partial charge in [0.05, 0.1) is 17.3 Å². The van der Waals surface area contributed by atoms with Crippen LogP contribution < -0.4 is 5.43 Å². The van der Waals surface area contributed by atoms with Gasteiger partial charge in [-0.3, -0.25) is 4.79 Å². The van der Waals surface area contributed by atoms with Crippen LogP contribution in [0.5, 0.6) is 0 Å². The Hall–Kier alpha value is -2.66. The number of rotatable bonds is 4. The standard InChI is InChI=1S/C19H17N3OS/c23-19(16-7-3-6-14-10-11-20-18(14)16)22-21-12-15-8-9-17(24-15)13-4-1-2-5-13/h1,3-4,6-13,20H,2,5H2,(H,22,23)/b21-12-/t13-/m0/s1. The number of benzene rings is 1. The number of para-hydroxylation sites is 1. The van der Waals surface area contributed by atoms with E-state index < -0.39 is 0 Å². The van der Waals surface area contributed by atoms with E-state index in [1.165, 1.54) is 11.3 Å². The van der Waals surface area contributed by atoms with Gasteiger partial charge in [-0.05, 0) is 37.1 Å². The first-order valence-electron chi connectivity index (χ1n) is 7.97. The number of nitrogens with zero attached hydrogens (tertiary/aromatic N) is 1. The van der Waals surface area contributed by atoms with Crippen LogP contribution in [0.4, 0.5) is 0 Å². The summed E-state index contributed by atoms with van der Waals surface area (Å²) in [6.07, 6.45) is 10.4. The number of thiophene rings is 1. The van der Waals surface area contributed by atoms with Gasteiger partial charge in [-0.2, -0.15) is 5.10 Å². The maximum Gasteiger partial charge on any atom is 0.273 e. The Morgan fingerprint density at radius 1 is 1.29 bits per heavy atom. The van der Waals surface area contributed by atoms with Crippen molar-refractivity contribution in [3.05, 3.63) is 70.1 Å². The quantitative estimate of drug-likeness (QED) is 0.414. The van der Waals surface area contributed by atoms with E-state index in [4.69, 9.17) is 0 Å². The number of allylic oxidation sites excluding steroid dienone is 2. The predicted octanol–water partition coefficient (Wildman–Crippen LogP) is 4.43. The van der Waals surface area contributed by atoms with Gasteiger partial charge in [-0.1, -0.05) is 24.3 Å². The molecule has 1 aromatic carbocycles. The molecule has 1 atom stereocenters. The van der Waals surface area contributed by atoms with Crippen molar-refractivity contribution in [2.75, 3.05) is 0 Å². The second kappa shape index (κ2) is 6.45. The first kappa shape index (κ1) is 14.9. The molecule has 24 heavy (non-hydrogen) atoms. The normalized spacial score (nSPS) is 17.1. The number of hydrogen-bond acceptors (Lipinski definition) is 3. The Morgan fingerprint density at radius 3 is 3.12 bits per heavy atom. The lowest BCUT2D eigenvalue weighted by molar-refractivity contribution is 0.0956. The summed E-state index contributed by atoms with van der Waals surface area (Å²) in [6, 6.07) is 11.8. The van der Waals surface area contributed by atoms with Gasteiger partial charge in [-0.15, -0.1) is 11.3 Å². The van der Waals surface area contributed by atoms with Crippen LogP contribution in [-0.2, 0) is 0 Å². The molecule has 0 saturated carbocycles. The van der Waals surface area contributed by atoms with E-state index in [1.54, 1.807) is 23.6 Å². The molecular weight excluding hydrogens is 318 g/mol. The molecule has 120 valence electrons. The number of aromatic amines is 1. The van der Waals surface area contributed by atoms with Gasteiger partial charge in [0.1, 0.15) is 0 Å². The summed E-state index contributed by atoms with van der Waals surface area (Å²) in [6.45, 7) is 0. The van der Waals surface area contributed by atoms with Crippen molar-refractivity contribution in [3.8, 4) is 0 Å². The fourth-order valence-corrected chi connectivity index (χ4v) is 3.99. The van der Waals surface area contributed by atoms with Crippen LogP contribution in [0.1, 0.15) is 38.9 Å². The summed E-state index contributed by atoms with van der Waals surface area (Å²) in [4.78, 5) is 17.8. The maximum absolute atomic E-state index is 12.3. The number of nitrogens with one attached hydrogen (secondary N) is 2. The average molecular weight is 335 g/mol. The summed E-state index contributed by atoms with van der Waals surface area (Å²) in [7, 11) is 0. The number of hydrazone groups is 1. The largest absolute Gasteiger partial charge is 0.361 e. The summed E-state index contributed by atoms with van der Waals surface area (Å²) < 4.78 is 0. The summed E-state index contributed by atoms with van der Waals surface area (Å²) in [5, 5.41) is 5.12. The number of amides is 1. The molecule has 0 spiro atoms. The lowest BCUT2D eigenvalue weighted by atomic mass is 10.1. The van der Waals surface area contributed by atoms with Crippen LogP contribution >= 0.6 is 11.3 Å². The smallest absolute Gasteiger partial charge is 0.273 e. The molecule has 2 N–H and O–H groups in total. The van der Waals surface area contributed by atoms with Gasteiger partial charge in [0.2, 0.25) is 0 Å². The summed E-state index contributed by atoms with van der Waals surface area (Å²) in [5.74, 6) is 0.326. The zero-order chi connectivity index (χ0) is 16.4. The zero-order valence-electron chi connectivity index (χ0n) is 13.0. The van der Waals surface area contributed by atoms with E-state index in [2.05, 4.69) is 33.7 Å². The Labute approximate surface area is 143 Å². The lowest BCUT2D eigenvalue weighted by Crippen LogP contribution is -2.17. The molecule has 0 fully saturated rings. The minimum absolute atomic E-state index is 0.213. The number of hydrogen-bond donors (Lipinski definition) is 2. The fraction of sp³-hybridized carbons (Fsp3) is 0.158. The molecule has 2 heterocycles. The van der Waals surface area contributed by atoms with Gasteiger partial charge in [0.15, 0.2) is 0 Å². The van der Waals surface area contributed by atoms with E-state index in [-0.39, 0.29) is 5.91 Å². The monoisotopic (exact) mass is 335 g/mol. The SMILES string of the molecule is O=C(N/N=C\c1ccc([C@H]2C=CCC2)s1)c1cccc2cc[nH]c12. The third-order valence-electron chi connectivity index (χ3n) is 4.22. The van der Waals surface area contributed by atoms with Gasteiger partial charge < -0.3 is 4.98 Å². The van der Waals surface area contributed by atoms with Crippen LogP contribution in [0, 0.1) is 0 Å². The zero-order valence-corrected chi connectivity index (χ0v) is 13.8. The van der Waals surface area contributed by atoms with Gasteiger partial charge in [0.25, 0.3) is 5.91 Å². The van der Waals surface area contributed by atoms with E-state index in [9.17, 15) is 4.79 Å². The van der Waals surface area contributed by atoms with Crippen LogP contribution in [0.3, 0.4) is 0 Å². The first-order chi connectivity index (χ1) is 11.8. The average Bonchev–Trinajstić information content (AvgIpc) is 3.34. The molecule has 2 aromatic heterocycles. The lowest BCUT2D eigenvalue weighted by Gasteiger charge is -2.02. The van der Waals surface area contributed by atoms with E-state index >= 15 is 0 Å². The van der Waals surface area contributed by atoms with Crippen LogP contribution in [0.25, 0.3) is 10.9 Å². The molecule has 1 aliphatic carbocycles. The minimum atomic E-state index is -0.213. The fourth-order valence-electron chi connectivity index (χ4n) is 3.00. The molecular formula is C19H17N3OS. The molecule has 3 aromatic rings. The molecule has 1 amide bonds. The molecule has 0 aliphatic heterocycles. The van der Waals surface area contributed by atoms with E-state index in [0.717, 1.165) is 22.2 Å². The Bertz CT molecular complexity index is 935. The topological polar surface area (TPSA) is 57.2 Å². The molecule has 5 heteroatoms. The third-order valence-corrected chi connectivity index (χ3v) is 5.37. The van der Waals surface area contributed by atoms with E-state index in [0.29, 0.717) is 11.5 Å². The second-order valence-corrected chi connectivity index (χ2v) is 6.95. The molecule has 1 aliphatic rings. The van der Waals surface area contributed by atoms with Crippen molar-refractivity contribution in [2.24, 2.45) is 5.10 Å². The van der Waals surface area contributed by atoms with Crippen LogP contribution in [-0.4, -0.2) is 17.1 Å². The van der Waals surface area contributed by atoms with E-state index in [1.807, 2.05) is 30.5 Å². The van der Waals surface area contributed by atoms with Gasteiger partial charge in [0, 0.05) is 27.3 Å². The maximum atomic E-state index is 12.3. The Balaban J connectivity index is 1.44. The minimum Gasteiger partial charge on any atom is -0.361 e. The molecule has 0 saturated heterocycles. The number of carbonyl (C=O) groups is 1. The van der Waals surface area contributed by atoms with Crippen LogP contribution in [0.15, 0.2) is 59.8 Å². The van der Waals surface area contributed by atoms with Gasteiger partial charge >= 0.3 is 0 Å². The number of fused-ring (bicyclic) bond motifs is 1. The van der Waals surface area contributed by atoms with Crippen molar-refractivity contribution in [3.63, 3.8) is 0 Å². The molecule has 0 unspecified atom stereocenters. The summed E-state index contributed by atoms with van der Waals surface area (Å²) >= 11 is 1.72. The number of aromatic nitrogens is 1. The molecule has 0 bridgehead atoms.